The van der Waals surface area contributed by atoms with E-state index in [1.807, 2.05) is 18.8 Å². The van der Waals surface area contributed by atoms with Crippen molar-refractivity contribution in [3.63, 3.8) is 0 Å². The highest BCUT2D eigenvalue weighted by atomic mass is 127. The average molecular weight is 399 g/mol. The van der Waals surface area contributed by atoms with Crippen molar-refractivity contribution in [3.8, 4) is 0 Å². The van der Waals surface area contributed by atoms with Gasteiger partial charge in [-0.15, -0.1) is 24.0 Å². The van der Waals surface area contributed by atoms with Crippen molar-refractivity contribution in [1.82, 2.24) is 10.6 Å². The van der Waals surface area contributed by atoms with Gasteiger partial charge < -0.3 is 15.4 Å². The fraction of sp³-hybridized carbons (Fsp3) is 0.923. The molecule has 0 bridgehead atoms. The Bertz CT molecular complexity index is 325. The highest BCUT2D eigenvalue weighted by Crippen LogP contribution is 2.51. The molecule has 112 valence electrons. The Kier molecular flexibility index (Phi) is 6.72. The normalized spacial score (nSPS) is 32.0. The third-order valence-electron chi connectivity index (χ3n) is 4.21. The summed E-state index contributed by atoms with van der Waals surface area (Å²) in [5, 5.41) is 6.94. The molecule has 1 aliphatic heterocycles. The van der Waals surface area contributed by atoms with E-state index in [1.54, 1.807) is 0 Å². The van der Waals surface area contributed by atoms with Crippen LogP contribution in [0.1, 0.15) is 20.3 Å². The smallest absolute Gasteiger partial charge is 0.191 e. The van der Waals surface area contributed by atoms with Gasteiger partial charge in [-0.25, -0.2) is 0 Å². The summed E-state index contributed by atoms with van der Waals surface area (Å²) in [6, 6.07) is 0.477. The number of hydrogen-bond acceptors (Lipinski definition) is 3. The summed E-state index contributed by atoms with van der Waals surface area (Å²) < 4.78 is 5.81. The second kappa shape index (κ2) is 7.36. The van der Waals surface area contributed by atoms with E-state index >= 15 is 0 Å². The number of guanidine groups is 1. The second-order valence-corrected chi connectivity index (χ2v) is 6.66. The van der Waals surface area contributed by atoms with E-state index in [9.17, 15) is 0 Å². The van der Waals surface area contributed by atoms with Crippen molar-refractivity contribution >= 4 is 41.7 Å². The highest BCUT2D eigenvalue weighted by Gasteiger charge is 2.59. The molecule has 2 fully saturated rings. The molecule has 1 aliphatic carbocycles. The van der Waals surface area contributed by atoms with Crippen LogP contribution in [0.25, 0.3) is 0 Å². The average Bonchev–Trinajstić information content (AvgIpc) is 2.80. The maximum absolute atomic E-state index is 5.81. The van der Waals surface area contributed by atoms with E-state index in [0.717, 1.165) is 24.9 Å². The molecule has 19 heavy (non-hydrogen) atoms. The largest absolute Gasteiger partial charge is 0.377 e. The molecule has 3 unspecified atom stereocenters. The molecule has 1 saturated carbocycles. The minimum Gasteiger partial charge on any atom is -0.377 e. The van der Waals surface area contributed by atoms with E-state index in [1.165, 1.54) is 6.42 Å². The zero-order valence-electron chi connectivity index (χ0n) is 12.2. The molecule has 2 rings (SSSR count). The van der Waals surface area contributed by atoms with Crippen molar-refractivity contribution in [3.05, 3.63) is 0 Å². The quantitative estimate of drug-likeness (QED) is 0.328. The molecule has 0 radical (unpaired) electrons. The first-order valence-corrected chi connectivity index (χ1v) is 8.08. The van der Waals surface area contributed by atoms with Crippen LogP contribution < -0.4 is 10.6 Å². The number of aliphatic imine (C=N–C) groups is 1. The molecular weight excluding hydrogens is 373 g/mol. The first-order chi connectivity index (χ1) is 8.61. The zero-order chi connectivity index (χ0) is 13.2. The summed E-state index contributed by atoms with van der Waals surface area (Å²) in [7, 11) is 1.84. The predicted octanol–water partition coefficient (Wildman–Crippen LogP) is 1.95. The first-order valence-electron chi connectivity index (χ1n) is 6.69. The third-order valence-corrected chi connectivity index (χ3v) is 4.83. The van der Waals surface area contributed by atoms with Gasteiger partial charge in [-0.05, 0) is 12.7 Å². The van der Waals surface area contributed by atoms with Gasteiger partial charge in [0.2, 0.25) is 0 Å². The van der Waals surface area contributed by atoms with Crippen LogP contribution in [-0.4, -0.2) is 50.3 Å². The fourth-order valence-corrected chi connectivity index (χ4v) is 3.54. The van der Waals surface area contributed by atoms with Crippen molar-refractivity contribution < 1.29 is 4.74 Å². The van der Waals surface area contributed by atoms with Gasteiger partial charge in [0, 0.05) is 43.3 Å². The number of thioether (sulfide) groups is 1. The van der Waals surface area contributed by atoms with Crippen LogP contribution in [0, 0.1) is 11.3 Å². The number of nitrogens with zero attached hydrogens (tertiary/aromatic N) is 1. The van der Waals surface area contributed by atoms with Crippen molar-refractivity contribution in [2.45, 2.75) is 32.4 Å². The Morgan fingerprint density at radius 2 is 2.21 bits per heavy atom. The molecule has 6 heteroatoms. The minimum absolute atomic E-state index is 0. The van der Waals surface area contributed by atoms with Crippen LogP contribution in [0.2, 0.25) is 0 Å². The van der Waals surface area contributed by atoms with Gasteiger partial charge in [-0.1, -0.05) is 13.8 Å². The molecule has 4 nitrogen and oxygen atoms in total. The van der Waals surface area contributed by atoms with E-state index in [2.05, 4.69) is 35.7 Å². The number of fused-ring (bicyclic) bond motifs is 1. The SMILES string of the molecule is CN=C(NCCSC)NC1C2CCOC2C1(C)C.I. The Morgan fingerprint density at radius 3 is 2.84 bits per heavy atom. The summed E-state index contributed by atoms with van der Waals surface area (Å²) in [5.41, 5.74) is 0.207. The molecule has 0 aromatic rings. The Labute approximate surface area is 137 Å². The number of ether oxygens (including phenoxy) is 1. The second-order valence-electron chi connectivity index (χ2n) is 5.68. The maximum Gasteiger partial charge on any atom is 0.191 e. The number of rotatable bonds is 4. The lowest BCUT2D eigenvalue weighted by atomic mass is 9.57. The summed E-state index contributed by atoms with van der Waals surface area (Å²) in [6.45, 7) is 6.44. The van der Waals surface area contributed by atoms with Crippen LogP contribution in [0.4, 0.5) is 0 Å². The third kappa shape index (κ3) is 3.50. The van der Waals surface area contributed by atoms with E-state index in [4.69, 9.17) is 4.74 Å². The van der Waals surface area contributed by atoms with E-state index < -0.39 is 0 Å². The van der Waals surface area contributed by atoms with Gasteiger partial charge in [-0.3, -0.25) is 4.99 Å². The molecule has 0 amide bonds. The van der Waals surface area contributed by atoms with Crippen molar-refractivity contribution in [1.29, 1.82) is 0 Å². The van der Waals surface area contributed by atoms with Crippen molar-refractivity contribution in [2.75, 3.05) is 32.2 Å². The van der Waals surface area contributed by atoms with Gasteiger partial charge >= 0.3 is 0 Å². The number of hydrogen-bond donors (Lipinski definition) is 2. The molecule has 1 heterocycles. The molecule has 3 atom stereocenters. The summed E-state index contributed by atoms with van der Waals surface area (Å²) in [5.74, 6) is 2.68. The van der Waals surface area contributed by atoms with Crippen LogP contribution in [0.3, 0.4) is 0 Å². The standard InChI is InChI=1S/C13H25N3OS.HI/c1-13(2)10(9-5-7-17-11(9)13)16-12(14-3)15-6-8-18-4;/h9-11H,5-8H2,1-4H3,(H2,14,15,16);1H. The summed E-state index contributed by atoms with van der Waals surface area (Å²) in [4.78, 5) is 4.31. The van der Waals surface area contributed by atoms with Gasteiger partial charge in [-0.2, -0.15) is 11.8 Å². The van der Waals surface area contributed by atoms with Gasteiger partial charge in [0.1, 0.15) is 0 Å². The Balaban J connectivity index is 0.00000180. The van der Waals surface area contributed by atoms with Crippen LogP contribution in [0.5, 0.6) is 0 Å². The molecule has 0 aromatic carbocycles. The molecular formula is C13H26IN3OS. The first kappa shape index (κ1) is 17.4. The topological polar surface area (TPSA) is 45.7 Å². The fourth-order valence-electron chi connectivity index (χ4n) is 3.23. The number of halogens is 1. The zero-order valence-corrected chi connectivity index (χ0v) is 15.4. The molecule has 0 aromatic heterocycles. The predicted molar refractivity (Wildman–Crippen MR) is 93.7 cm³/mol. The molecule has 1 saturated heterocycles. The lowest BCUT2D eigenvalue weighted by Crippen LogP contribution is -2.68. The molecule has 2 N–H and O–H groups in total. The lowest BCUT2D eigenvalue weighted by Gasteiger charge is -2.54. The Morgan fingerprint density at radius 1 is 1.47 bits per heavy atom. The summed E-state index contributed by atoms with van der Waals surface area (Å²) in [6.07, 6.45) is 3.72. The van der Waals surface area contributed by atoms with Gasteiger partial charge in [0.25, 0.3) is 0 Å². The van der Waals surface area contributed by atoms with Gasteiger partial charge in [0.15, 0.2) is 5.96 Å². The highest BCUT2D eigenvalue weighted by molar-refractivity contribution is 14.0. The maximum atomic E-state index is 5.81. The van der Waals surface area contributed by atoms with Gasteiger partial charge in [0.05, 0.1) is 6.10 Å². The molecule has 2 aliphatic rings. The van der Waals surface area contributed by atoms with Crippen LogP contribution >= 0.6 is 35.7 Å². The number of nitrogens with one attached hydrogen (secondary N) is 2. The Hall–Kier alpha value is 0.310. The summed E-state index contributed by atoms with van der Waals surface area (Å²) >= 11 is 1.84. The lowest BCUT2D eigenvalue weighted by molar-refractivity contribution is -0.106. The minimum atomic E-state index is 0. The van der Waals surface area contributed by atoms with Crippen LogP contribution in [0.15, 0.2) is 4.99 Å². The van der Waals surface area contributed by atoms with E-state index in [0.29, 0.717) is 18.1 Å². The van der Waals surface area contributed by atoms with Crippen molar-refractivity contribution in [2.24, 2.45) is 16.3 Å². The molecule has 0 spiro atoms. The van der Waals surface area contributed by atoms with E-state index in [-0.39, 0.29) is 29.4 Å². The van der Waals surface area contributed by atoms with Crippen LogP contribution in [-0.2, 0) is 4.74 Å². The monoisotopic (exact) mass is 399 g/mol.